The fourth-order valence-corrected chi connectivity index (χ4v) is 3.22. The standard InChI is InChI=1S/C21H16N8O2/c1-13-10-11-14(22-20(30)28-18-8-4-2-6-15(18)24-26-28)12-17(13)23-21(31)29-19-9-5-3-7-16(19)25-27-29/h2-12H,1H3,(H,22,30)(H,23,31). The zero-order chi connectivity index (χ0) is 21.4. The molecule has 0 aliphatic heterocycles. The quantitative estimate of drug-likeness (QED) is 0.457. The fourth-order valence-electron chi connectivity index (χ4n) is 3.22. The molecule has 0 aliphatic rings. The Hall–Kier alpha value is -4.60. The van der Waals surface area contributed by atoms with E-state index < -0.39 is 12.1 Å². The summed E-state index contributed by atoms with van der Waals surface area (Å²) in [6.07, 6.45) is 0. The lowest BCUT2D eigenvalue weighted by Crippen LogP contribution is -2.22. The predicted molar refractivity (Wildman–Crippen MR) is 115 cm³/mol. The molecule has 0 aliphatic carbocycles. The van der Waals surface area contributed by atoms with Crippen LogP contribution in [-0.4, -0.2) is 42.0 Å². The average molecular weight is 412 g/mol. The largest absolute Gasteiger partial charge is 0.348 e. The van der Waals surface area contributed by atoms with Gasteiger partial charge in [0, 0.05) is 11.4 Å². The molecule has 10 heteroatoms. The van der Waals surface area contributed by atoms with Gasteiger partial charge >= 0.3 is 12.1 Å². The summed E-state index contributed by atoms with van der Waals surface area (Å²) < 4.78 is 2.39. The molecule has 0 radical (unpaired) electrons. The van der Waals surface area contributed by atoms with Crippen molar-refractivity contribution in [1.82, 2.24) is 30.0 Å². The van der Waals surface area contributed by atoms with Crippen LogP contribution in [0.2, 0.25) is 0 Å². The van der Waals surface area contributed by atoms with E-state index in [9.17, 15) is 9.59 Å². The maximum atomic E-state index is 12.7. The van der Waals surface area contributed by atoms with E-state index in [4.69, 9.17) is 0 Å². The van der Waals surface area contributed by atoms with Gasteiger partial charge in [0.05, 0.1) is 11.0 Å². The van der Waals surface area contributed by atoms with Crippen LogP contribution >= 0.6 is 0 Å². The number of carbonyl (C=O) groups is 2. The Labute approximate surface area is 175 Å². The third kappa shape index (κ3) is 3.35. The van der Waals surface area contributed by atoms with Crippen LogP contribution in [-0.2, 0) is 0 Å². The van der Waals surface area contributed by atoms with Gasteiger partial charge < -0.3 is 10.6 Å². The highest BCUT2D eigenvalue weighted by atomic mass is 16.2. The summed E-state index contributed by atoms with van der Waals surface area (Å²) in [4.78, 5) is 25.4. The summed E-state index contributed by atoms with van der Waals surface area (Å²) in [7, 11) is 0. The van der Waals surface area contributed by atoms with Gasteiger partial charge in [0.25, 0.3) is 0 Å². The lowest BCUT2D eigenvalue weighted by Gasteiger charge is -2.11. The molecular weight excluding hydrogens is 396 g/mol. The van der Waals surface area contributed by atoms with E-state index in [1.54, 1.807) is 42.5 Å². The Morgan fingerprint density at radius 1 is 0.742 bits per heavy atom. The van der Waals surface area contributed by atoms with Crippen LogP contribution in [0.3, 0.4) is 0 Å². The molecule has 0 atom stereocenters. The van der Waals surface area contributed by atoms with Crippen molar-refractivity contribution in [2.75, 3.05) is 10.6 Å². The molecule has 2 aromatic heterocycles. The molecule has 0 fully saturated rings. The molecule has 31 heavy (non-hydrogen) atoms. The average Bonchev–Trinajstić information content (AvgIpc) is 3.40. The summed E-state index contributed by atoms with van der Waals surface area (Å²) in [5, 5.41) is 21.4. The van der Waals surface area contributed by atoms with Crippen LogP contribution in [0.15, 0.2) is 66.7 Å². The van der Waals surface area contributed by atoms with E-state index in [0.29, 0.717) is 33.4 Å². The number of carbonyl (C=O) groups excluding carboxylic acids is 2. The van der Waals surface area contributed by atoms with Gasteiger partial charge in [-0.2, -0.15) is 9.36 Å². The van der Waals surface area contributed by atoms with Crippen LogP contribution in [0.1, 0.15) is 5.56 Å². The molecule has 2 N–H and O–H groups in total. The lowest BCUT2D eigenvalue weighted by atomic mass is 10.2. The van der Waals surface area contributed by atoms with Crippen LogP contribution in [0.5, 0.6) is 0 Å². The third-order valence-electron chi connectivity index (χ3n) is 4.82. The van der Waals surface area contributed by atoms with Gasteiger partial charge in [0.1, 0.15) is 11.0 Å². The number of nitrogens with one attached hydrogen (secondary N) is 2. The molecule has 0 bridgehead atoms. The van der Waals surface area contributed by atoms with Gasteiger partial charge in [0.15, 0.2) is 0 Å². The smallest absolute Gasteiger partial charge is 0.306 e. The number of fused-ring (bicyclic) bond motifs is 2. The van der Waals surface area contributed by atoms with Crippen molar-refractivity contribution in [2.45, 2.75) is 6.92 Å². The first-order valence-corrected chi connectivity index (χ1v) is 9.44. The predicted octanol–water partition coefficient (Wildman–Crippen LogP) is 3.64. The van der Waals surface area contributed by atoms with E-state index in [0.717, 1.165) is 5.56 Å². The Balaban J connectivity index is 1.39. The number of anilines is 2. The number of rotatable bonds is 2. The van der Waals surface area contributed by atoms with Gasteiger partial charge in [-0.3, -0.25) is 0 Å². The number of nitrogens with zero attached hydrogens (tertiary/aromatic N) is 6. The van der Waals surface area contributed by atoms with Crippen LogP contribution in [0.4, 0.5) is 21.0 Å². The maximum Gasteiger partial charge on any atom is 0.348 e. The van der Waals surface area contributed by atoms with E-state index in [1.165, 1.54) is 9.36 Å². The topological polar surface area (TPSA) is 120 Å². The Kier molecular flexibility index (Phi) is 4.36. The molecule has 0 unspecified atom stereocenters. The molecule has 0 spiro atoms. The van der Waals surface area contributed by atoms with Crippen molar-refractivity contribution in [3.05, 3.63) is 72.3 Å². The van der Waals surface area contributed by atoms with Gasteiger partial charge in [-0.1, -0.05) is 40.8 Å². The molecule has 5 rings (SSSR count). The van der Waals surface area contributed by atoms with Crippen LogP contribution < -0.4 is 10.6 Å². The number of aryl methyl sites for hydroxylation is 1. The highest BCUT2D eigenvalue weighted by Gasteiger charge is 2.15. The SMILES string of the molecule is Cc1ccc(NC(=O)n2nnc3ccccc32)cc1NC(=O)n1nnc2ccccc21. The van der Waals surface area contributed by atoms with Crippen molar-refractivity contribution in [1.29, 1.82) is 0 Å². The highest BCUT2D eigenvalue weighted by molar-refractivity contribution is 5.99. The maximum absolute atomic E-state index is 12.7. The van der Waals surface area contributed by atoms with E-state index in [1.807, 2.05) is 31.2 Å². The van der Waals surface area contributed by atoms with E-state index >= 15 is 0 Å². The van der Waals surface area contributed by atoms with Crippen LogP contribution in [0.25, 0.3) is 22.1 Å². The second-order valence-corrected chi connectivity index (χ2v) is 6.87. The number of aromatic nitrogens is 6. The zero-order valence-electron chi connectivity index (χ0n) is 16.4. The molecule has 0 saturated carbocycles. The van der Waals surface area contributed by atoms with E-state index in [-0.39, 0.29) is 0 Å². The van der Waals surface area contributed by atoms with Gasteiger partial charge in [-0.05, 0) is 48.9 Å². The minimum absolute atomic E-state index is 0.456. The summed E-state index contributed by atoms with van der Waals surface area (Å²) in [6, 6.07) is 18.6. The van der Waals surface area contributed by atoms with Gasteiger partial charge in [-0.25, -0.2) is 9.59 Å². The highest BCUT2D eigenvalue weighted by Crippen LogP contribution is 2.22. The summed E-state index contributed by atoms with van der Waals surface area (Å²) >= 11 is 0. The first kappa shape index (κ1) is 18.4. The molecule has 5 aromatic rings. The molecule has 3 aromatic carbocycles. The number of para-hydroxylation sites is 2. The first-order valence-electron chi connectivity index (χ1n) is 9.44. The normalized spacial score (nSPS) is 11.0. The fraction of sp³-hybridized carbons (Fsp3) is 0.0476. The molecule has 2 heterocycles. The molecule has 0 saturated heterocycles. The molecule has 2 amide bonds. The minimum Gasteiger partial charge on any atom is -0.306 e. The second-order valence-electron chi connectivity index (χ2n) is 6.87. The van der Waals surface area contributed by atoms with Crippen molar-refractivity contribution in [3.63, 3.8) is 0 Å². The number of amides is 2. The second kappa shape index (κ2) is 7.34. The number of hydrogen-bond donors (Lipinski definition) is 2. The monoisotopic (exact) mass is 412 g/mol. The molecular formula is C21H16N8O2. The van der Waals surface area contributed by atoms with Crippen molar-refractivity contribution >= 4 is 45.5 Å². The van der Waals surface area contributed by atoms with Gasteiger partial charge in [-0.15, -0.1) is 10.2 Å². The minimum atomic E-state index is -0.461. The lowest BCUT2D eigenvalue weighted by molar-refractivity contribution is 0.250. The Bertz CT molecular complexity index is 1450. The Morgan fingerprint density at radius 2 is 1.29 bits per heavy atom. The number of hydrogen-bond acceptors (Lipinski definition) is 6. The van der Waals surface area contributed by atoms with Crippen molar-refractivity contribution in [2.24, 2.45) is 0 Å². The summed E-state index contributed by atoms with van der Waals surface area (Å²) in [5.74, 6) is 0. The van der Waals surface area contributed by atoms with Crippen LogP contribution in [0, 0.1) is 6.92 Å². The number of benzene rings is 3. The molecule has 10 nitrogen and oxygen atoms in total. The zero-order valence-corrected chi connectivity index (χ0v) is 16.4. The summed E-state index contributed by atoms with van der Waals surface area (Å²) in [6.45, 7) is 1.85. The van der Waals surface area contributed by atoms with E-state index in [2.05, 4.69) is 31.3 Å². The third-order valence-corrected chi connectivity index (χ3v) is 4.82. The first-order chi connectivity index (χ1) is 15.1. The van der Waals surface area contributed by atoms with Crippen molar-refractivity contribution in [3.8, 4) is 0 Å². The van der Waals surface area contributed by atoms with Gasteiger partial charge in [0.2, 0.25) is 0 Å². The molecule has 152 valence electrons. The van der Waals surface area contributed by atoms with Crippen molar-refractivity contribution < 1.29 is 9.59 Å². The summed E-state index contributed by atoms with van der Waals surface area (Å²) in [5.41, 5.74) is 4.28. The Morgan fingerprint density at radius 3 is 1.90 bits per heavy atom.